The lowest BCUT2D eigenvalue weighted by Gasteiger charge is -2.31. The summed E-state index contributed by atoms with van der Waals surface area (Å²) in [5, 5.41) is 10.3. The van der Waals surface area contributed by atoms with Crippen LogP contribution in [0.1, 0.15) is 0 Å². The Kier molecular flexibility index (Phi) is 3.05. The molecule has 3 heteroatoms. The van der Waals surface area contributed by atoms with E-state index in [1.807, 2.05) is 24.6 Å². The second-order valence-electron chi connectivity index (χ2n) is 4.50. The quantitative estimate of drug-likeness (QED) is 0.683. The van der Waals surface area contributed by atoms with Crippen LogP contribution in [0, 0.1) is 0 Å². The zero-order chi connectivity index (χ0) is 12.2. The molecule has 0 aromatic rings. The molecule has 3 rings (SSSR count). The lowest BCUT2D eigenvalue weighted by Crippen LogP contribution is -2.48. The minimum Gasteiger partial charge on any atom is -0.382 e. The van der Waals surface area contributed by atoms with Crippen LogP contribution in [0.5, 0.6) is 0 Å². The Balaban J connectivity index is 1.68. The van der Waals surface area contributed by atoms with Crippen LogP contribution in [0.25, 0.3) is 0 Å². The van der Waals surface area contributed by atoms with E-state index in [1.54, 1.807) is 0 Å². The molecule has 18 heavy (non-hydrogen) atoms. The maximum Gasteiger partial charge on any atom is 0.0843 e. The molecule has 3 unspecified atom stereocenters. The average Bonchev–Trinajstić information content (AvgIpc) is 2.49. The molecule has 0 radical (unpaired) electrons. The van der Waals surface area contributed by atoms with Gasteiger partial charge in [0, 0.05) is 5.70 Å². The summed E-state index contributed by atoms with van der Waals surface area (Å²) >= 11 is 0. The fourth-order valence-electron chi connectivity index (χ4n) is 2.29. The summed E-state index contributed by atoms with van der Waals surface area (Å²) in [5.74, 6) is 0. The van der Waals surface area contributed by atoms with Crippen molar-refractivity contribution in [1.82, 2.24) is 16.0 Å². The van der Waals surface area contributed by atoms with Crippen LogP contribution in [-0.4, -0.2) is 18.1 Å². The molecule has 3 aliphatic heterocycles. The summed E-state index contributed by atoms with van der Waals surface area (Å²) in [4.78, 5) is 0. The molecule has 3 aliphatic rings. The van der Waals surface area contributed by atoms with Crippen molar-refractivity contribution in [3.63, 3.8) is 0 Å². The summed E-state index contributed by atoms with van der Waals surface area (Å²) in [5.41, 5.74) is 1.20. The van der Waals surface area contributed by atoms with Gasteiger partial charge in [0.15, 0.2) is 0 Å². The van der Waals surface area contributed by atoms with Gasteiger partial charge in [0.25, 0.3) is 0 Å². The summed E-state index contributed by atoms with van der Waals surface area (Å²) < 4.78 is 0. The highest BCUT2D eigenvalue weighted by atomic mass is 15.1. The van der Waals surface area contributed by atoms with Crippen molar-refractivity contribution in [3.05, 3.63) is 72.8 Å². The number of dihydropyridines is 3. The molecule has 3 nitrogen and oxygen atoms in total. The van der Waals surface area contributed by atoms with E-state index < -0.39 is 0 Å². The van der Waals surface area contributed by atoms with Gasteiger partial charge in [0.05, 0.1) is 18.1 Å². The predicted molar refractivity (Wildman–Crippen MR) is 74.6 cm³/mol. The fourth-order valence-corrected chi connectivity index (χ4v) is 2.29. The average molecular weight is 239 g/mol. The van der Waals surface area contributed by atoms with Crippen molar-refractivity contribution in [3.8, 4) is 0 Å². The van der Waals surface area contributed by atoms with Crippen LogP contribution in [0.2, 0.25) is 0 Å². The number of allylic oxidation sites excluding steroid dienone is 6. The van der Waals surface area contributed by atoms with Crippen LogP contribution in [0.15, 0.2) is 72.8 Å². The van der Waals surface area contributed by atoms with Crippen LogP contribution in [0.3, 0.4) is 0 Å². The molecule has 3 atom stereocenters. The highest BCUT2D eigenvalue weighted by Gasteiger charge is 2.21. The van der Waals surface area contributed by atoms with E-state index in [4.69, 9.17) is 0 Å². The smallest absolute Gasteiger partial charge is 0.0843 e. The predicted octanol–water partition coefficient (Wildman–Crippen LogP) is 1.48. The van der Waals surface area contributed by atoms with Gasteiger partial charge < -0.3 is 16.0 Å². The van der Waals surface area contributed by atoms with Gasteiger partial charge in [-0.25, -0.2) is 0 Å². The van der Waals surface area contributed by atoms with Crippen molar-refractivity contribution in [2.45, 2.75) is 18.1 Å². The highest BCUT2D eigenvalue weighted by molar-refractivity contribution is 5.32. The summed E-state index contributed by atoms with van der Waals surface area (Å²) in [6.45, 7) is 0. The molecule has 0 bridgehead atoms. The first-order valence-corrected chi connectivity index (χ1v) is 6.27. The summed E-state index contributed by atoms with van der Waals surface area (Å²) in [6.07, 6.45) is 22.9. The highest BCUT2D eigenvalue weighted by Crippen LogP contribution is 2.13. The monoisotopic (exact) mass is 239 g/mol. The SMILES string of the molecule is C1=CNC(C2=CC=CC(C3C=CC=CN3)N2)C=C1. The second kappa shape index (κ2) is 5.00. The molecule has 0 fully saturated rings. The Labute approximate surface area is 107 Å². The van der Waals surface area contributed by atoms with Gasteiger partial charge in [-0.05, 0) is 30.6 Å². The van der Waals surface area contributed by atoms with E-state index in [9.17, 15) is 0 Å². The van der Waals surface area contributed by atoms with E-state index in [1.165, 1.54) is 5.70 Å². The zero-order valence-corrected chi connectivity index (χ0v) is 10.1. The van der Waals surface area contributed by atoms with Gasteiger partial charge in [0.1, 0.15) is 0 Å². The van der Waals surface area contributed by atoms with Crippen LogP contribution < -0.4 is 16.0 Å². The van der Waals surface area contributed by atoms with Crippen molar-refractivity contribution >= 4 is 0 Å². The van der Waals surface area contributed by atoms with Crippen LogP contribution >= 0.6 is 0 Å². The number of rotatable bonds is 2. The molecule has 92 valence electrons. The van der Waals surface area contributed by atoms with Crippen LogP contribution in [-0.2, 0) is 0 Å². The first kappa shape index (κ1) is 11.0. The molecule has 3 N–H and O–H groups in total. The van der Waals surface area contributed by atoms with Gasteiger partial charge in [-0.2, -0.15) is 0 Å². The first-order valence-electron chi connectivity index (χ1n) is 6.27. The Morgan fingerprint density at radius 2 is 1.50 bits per heavy atom. The molecule has 0 spiro atoms. The van der Waals surface area contributed by atoms with Gasteiger partial charge in [-0.3, -0.25) is 0 Å². The zero-order valence-electron chi connectivity index (χ0n) is 10.1. The lowest BCUT2D eigenvalue weighted by molar-refractivity contribution is 0.522. The second-order valence-corrected chi connectivity index (χ2v) is 4.50. The maximum absolute atomic E-state index is 3.57. The van der Waals surface area contributed by atoms with E-state index in [0.717, 1.165) is 0 Å². The Hall–Kier alpha value is -2.16. The van der Waals surface area contributed by atoms with E-state index in [2.05, 4.69) is 58.5 Å². The third-order valence-electron chi connectivity index (χ3n) is 3.25. The summed E-state index contributed by atoms with van der Waals surface area (Å²) in [7, 11) is 0. The fraction of sp³-hybridized carbons (Fsp3) is 0.200. The molecule has 0 saturated carbocycles. The number of hydrogen-bond acceptors (Lipinski definition) is 3. The lowest BCUT2D eigenvalue weighted by atomic mass is 10.0. The Bertz CT molecular complexity index is 480. The minimum absolute atomic E-state index is 0.241. The third kappa shape index (κ3) is 2.25. The van der Waals surface area contributed by atoms with Crippen LogP contribution in [0.4, 0.5) is 0 Å². The molecule has 0 amide bonds. The first-order chi connectivity index (χ1) is 8.93. The van der Waals surface area contributed by atoms with E-state index in [0.29, 0.717) is 6.04 Å². The molecular formula is C15H17N3. The largest absolute Gasteiger partial charge is 0.382 e. The molecule has 0 aromatic carbocycles. The topological polar surface area (TPSA) is 36.1 Å². The van der Waals surface area contributed by atoms with Crippen molar-refractivity contribution in [1.29, 1.82) is 0 Å². The standard InChI is InChI=1S/C15H17N3/c1-3-10-16-12(6-1)14-8-5-9-15(18-14)13-7-2-4-11-17-13/h1-14,16-18H. The molecule has 0 aliphatic carbocycles. The molecule has 0 aromatic heterocycles. The molecule has 3 heterocycles. The van der Waals surface area contributed by atoms with Crippen molar-refractivity contribution in [2.24, 2.45) is 0 Å². The van der Waals surface area contributed by atoms with Gasteiger partial charge in [-0.1, -0.05) is 36.5 Å². The third-order valence-corrected chi connectivity index (χ3v) is 3.25. The van der Waals surface area contributed by atoms with Crippen molar-refractivity contribution in [2.75, 3.05) is 0 Å². The molecular weight excluding hydrogens is 222 g/mol. The number of nitrogens with one attached hydrogen (secondary N) is 3. The Morgan fingerprint density at radius 1 is 0.722 bits per heavy atom. The normalized spacial score (nSPS) is 32.4. The minimum atomic E-state index is 0.241. The number of hydrogen-bond donors (Lipinski definition) is 3. The molecule has 0 saturated heterocycles. The van der Waals surface area contributed by atoms with Gasteiger partial charge in [-0.15, -0.1) is 0 Å². The van der Waals surface area contributed by atoms with Gasteiger partial charge in [0.2, 0.25) is 0 Å². The Morgan fingerprint density at radius 3 is 2.22 bits per heavy atom. The maximum atomic E-state index is 3.57. The van der Waals surface area contributed by atoms with E-state index in [-0.39, 0.29) is 12.1 Å². The van der Waals surface area contributed by atoms with E-state index >= 15 is 0 Å². The van der Waals surface area contributed by atoms with Gasteiger partial charge >= 0.3 is 0 Å². The summed E-state index contributed by atoms with van der Waals surface area (Å²) in [6, 6.07) is 0.830. The van der Waals surface area contributed by atoms with Crippen molar-refractivity contribution < 1.29 is 0 Å².